The van der Waals surface area contributed by atoms with E-state index in [4.69, 9.17) is 0 Å². The van der Waals surface area contributed by atoms with Crippen LogP contribution in [-0.2, 0) is 15.0 Å². The fraction of sp³-hybridized carbons (Fsp3) is 0.467. The van der Waals surface area contributed by atoms with Crippen molar-refractivity contribution >= 4 is 23.2 Å². The first-order chi connectivity index (χ1) is 8.87. The number of nitrogens with zero attached hydrogens (tertiary/aromatic N) is 1. The van der Waals surface area contributed by atoms with Gasteiger partial charge in [0.05, 0.1) is 5.41 Å². The number of hydrogen-bond donors (Lipinski definition) is 1. The Morgan fingerprint density at radius 2 is 2.05 bits per heavy atom. The van der Waals surface area contributed by atoms with Gasteiger partial charge in [-0.05, 0) is 44.0 Å². The lowest BCUT2D eigenvalue weighted by molar-refractivity contribution is -0.122. The van der Waals surface area contributed by atoms with Crippen LogP contribution in [0.15, 0.2) is 18.2 Å². The molecular weight excluding hydrogens is 240 g/mol. The van der Waals surface area contributed by atoms with E-state index in [1.54, 1.807) is 0 Å². The molecule has 0 radical (unpaired) electrons. The average molecular weight is 260 g/mol. The number of rotatable bonds is 3. The Hall–Kier alpha value is -1.84. The van der Waals surface area contributed by atoms with Crippen LogP contribution in [0.1, 0.15) is 39.7 Å². The summed E-state index contributed by atoms with van der Waals surface area (Å²) in [4.78, 5) is 25.4. The van der Waals surface area contributed by atoms with Crippen molar-refractivity contribution in [1.82, 2.24) is 0 Å². The van der Waals surface area contributed by atoms with E-state index in [0.29, 0.717) is 0 Å². The monoisotopic (exact) mass is 260 g/mol. The third kappa shape index (κ3) is 2.23. The zero-order valence-electron chi connectivity index (χ0n) is 11.9. The summed E-state index contributed by atoms with van der Waals surface area (Å²) < 4.78 is 0. The van der Waals surface area contributed by atoms with Crippen molar-refractivity contribution in [2.75, 3.05) is 16.8 Å². The molecule has 0 unspecified atom stereocenters. The molecule has 102 valence electrons. The molecular formula is C15H20N2O2. The highest BCUT2D eigenvalue weighted by atomic mass is 16.2. The lowest BCUT2D eigenvalue weighted by Crippen LogP contribution is -2.36. The van der Waals surface area contributed by atoms with Crippen LogP contribution in [0.5, 0.6) is 0 Å². The van der Waals surface area contributed by atoms with Gasteiger partial charge in [0.25, 0.3) is 0 Å². The van der Waals surface area contributed by atoms with Gasteiger partial charge >= 0.3 is 0 Å². The molecule has 4 heteroatoms. The molecule has 1 heterocycles. The van der Waals surface area contributed by atoms with Crippen LogP contribution in [0.25, 0.3) is 0 Å². The second kappa shape index (κ2) is 4.68. The predicted octanol–water partition coefficient (Wildman–Crippen LogP) is 2.68. The summed E-state index contributed by atoms with van der Waals surface area (Å²) in [7, 11) is 0. The van der Waals surface area contributed by atoms with Gasteiger partial charge in [0.15, 0.2) is 0 Å². The van der Waals surface area contributed by atoms with Gasteiger partial charge in [-0.15, -0.1) is 0 Å². The van der Waals surface area contributed by atoms with Crippen molar-refractivity contribution in [2.45, 2.75) is 39.5 Å². The fourth-order valence-corrected chi connectivity index (χ4v) is 2.56. The van der Waals surface area contributed by atoms with E-state index in [-0.39, 0.29) is 11.8 Å². The Morgan fingerprint density at radius 3 is 2.63 bits per heavy atom. The smallest absolute Gasteiger partial charge is 0.237 e. The molecule has 0 atom stereocenters. The molecule has 1 N–H and O–H groups in total. The van der Waals surface area contributed by atoms with Crippen LogP contribution in [0, 0.1) is 0 Å². The van der Waals surface area contributed by atoms with Crippen molar-refractivity contribution in [1.29, 1.82) is 0 Å². The first-order valence-electron chi connectivity index (χ1n) is 6.62. The van der Waals surface area contributed by atoms with E-state index >= 15 is 0 Å². The van der Waals surface area contributed by atoms with Crippen LogP contribution in [-0.4, -0.2) is 18.4 Å². The summed E-state index contributed by atoms with van der Waals surface area (Å²) in [6.45, 7) is 8.13. The Balaban J connectivity index is 2.46. The van der Waals surface area contributed by atoms with Crippen molar-refractivity contribution in [3.05, 3.63) is 23.8 Å². The molecule has 0 bridgehead atoms. The molecule has 4 nitrogen and oxygen atoms in total. The molecule has 19 heavy (non-hydrogen) atoms. The summed E-state index contributed by atoms with van der Waals surface area (Å²) >= 11 is 0. The zero-order valence-corrected chi connectivity index (χ0v) is 11.9. The third-order valence-corrected chi connectivity index (χ3v) is 3.51. The first-order valence-corrected chi connectivity index (χ1v) is 6.62. The molecule has 2 amide bonds. The molecule has 2 rings (SSSR count). The van der Waals surface area contributed by atoms with Crippen LogP contribution in [0.4, 0.5) is 11.4 Å². The minimum absolute atomic E-state index is 0.104. The number of anilines is 2. The van der Waals surface area contributed by atoms with E-state index in [1.165, 1.54) is 6.92 Å². The van der Waals surface area contributed by atoms with Gasteiger partial charge in [-0.1, -0.05) is 6.92 Å². The number of carbonyl (C=O) groups is 2. The van der Waals surface area contributed by atoms with E-state index in [9.17, 15) is 9.59 Å². The molecule has 0 saturated carbocycles. The van der Waals surface area contributed by atoms with Gasteiger partial charge in [-0.3, -0.25) is 9.59 Å². The standard InChI is InChI=1S/C15H20N2O2/c1-5-8-17-13-7-6-11(16-10(2)18)9-12(13)15(3,4)14(17)19/h6-7,9H,5,8H2,1-4H3,(H,16,18). The Kier molecular flexibility index (Phi) is 3.35. The number of nitrogens with one attached hydrogen (secondary N) is 1. The van der Waals surface area contributed by atoms with Gasteiger partial charge in [0, 0.05) is 24.8 Å². The van der Waals surface area contributed by atoms with Crippen molar-refractivity contribution in [2.24, 2.45) is 0 Å². The molecule has 0 aliphatic carbocycles. The molecule has 1 aliphatic rings. The maximum Gasteiger partial charge on any atom is 0.237 e. The first kappa shape index (κ1) is 13.6. The number of benzene rings is 1. The Bertz CT molecular complexity index is 535. The van der Waals surface area contributed by atoms with Gasteiger partial charge in [0.2, 0.25) is 11.8 Å². The molecule has 0 aromatic heterocycles. The van der Waals surface area contributed by atoms with E-state index < -0.39 is 5.41 Å². The van der Waals surface area contributed by atoms with Crippen molar-refractivity contribution < 1.29 is 9.59 Å². The van der Waals surface area contributed by atoms with Crippen LogP contribution >= 0.6 is 0 Å². The highest BCUT2D eigenvalue weighted by molar-refractivity contribution is 6.08. The minimum atomic E-state index is -0.529. The van der Waals surface area contributed by atoms with Gasteiger partial charge in [-0.25, -0.2) is 0 Å². The highest BCUT2D eigenvalue weighted by Gasteiger charge is 2.43. The highest BCUT2D eigenvalue weighted by Crippen LogP contribution is 2.42. The Morgan fingerprint density at radius 1 is 1.37 bits per heavy atom. The van der Waals surface area contributed by atoms with Crippen molar-refractivity contribution in [3.8, 4) is 0 Å². The summed E-state index contributed by atoms with van der Waals surface area (Å²) in [5, 5.41) is 2.77. The van der Waals surface area contributed by atoms with E-state index in [0.717, 1.165) is 29.9 Å². The third-order valence-electron chi connectivity index (χ3n) is 3.51. The van der Waals surface area contributed by atoms with Crippen LogP contribution in [0.3, 0.4) is 0 Å². The average Bonchev–Trinajstić information content (AvgIpc) is 2.51. The SMILES string of the molecule is CCCN1C(=O)C(C)(C)c2cc(NC(C)=O)ccc21. The second-order valence-electron chi connectivity index (χ2n) is 5.49. The summed E-state index contributed by atoms with van der Waals surface area (Å²) in [6, 6.07) is 5.67. The number of amides is 2. The number of hydrogen-bond acceptors (Lipinski definition) is 2. The van der Waals surface area contributed by atoms with Crippen LogP contribution < -0.4 is 10.2 Å². The molecule has 1 aromatic carbocycles. The topological polar surface area (TPSA) is 49.4 Å². The molecule has 0 spiro atoms. The van der Waals surface area contributed by atoms with Gasteiger partial charge in [-0.2, -0.15) is 0 Å². The summed E-state index contributed by atoms with van der Waals surface area (Å²) in [5.41, 5.74) is 2.16. The van der Waals surface area contributed by atoms with Crippen LogP contribution in [0.2, 0.25) is 0 Å². The Labute approximate surface area is 113 Å². The number of fused-ring (bicyclic) bond motifs is 1. The number of carbonyl (C=O) groups excluding carboxylic acids is 2. The van der Waals surface area contributed by atoms with E-state index in [1.807, 2.05) is 36.9 Å². The molecule has 0 fully saturated rings. The van der Waals surface area contributed by atoms with E-state index in [2.05, 4.69) is 12.2 Å². The summed E-state index contributed by atoms with van der Waals surface area (Å²) in [5.74, 6) is 0.0248. The zero-order chi connectivity index (χ0) is 14.2. The maximum absolute atomic E-state index is 12.4. The minimum Gasteiger partial charge on any atom is -0.326 e. The van der Waals surface area contributed by atoms with Gasteiger partial charge < -0.3 is 10.2 Å². The summed E-state index contributed by atoms with van der Waals surface area (Å²) in [6.07, 6.45) is 0.925. The predicted molar refractivity (Wildman–Crippen MR) is 76.4 cm³/mol. The normalized spacial score (nSPS) is 16.4. The molecule has 1 aliphatic heterocycles. The maximum atomic E-state index is 12.4. The molecule has 1 aromatic rings. The fourth-order valence-electron chi connectivity index (χ4n) is 2.56. The second-order valence-corrected chi connectivity index (χ2v) is 5.49. The lowest BCUT2D eigenvalue weighted by Gasteiger charge is -2.19. The van der Waals surface area contributed by atoms with Crippen molar-refractivity contribution in [3.63, 3.8) is 0 Å². The largest absolute Gasteiger partial charge is 0.326 e. The molecule has 0 saturated heterocycles. The van der Waals surface area contributed by atoms with Gasteiger partial charge in [0.1, 0.15) is 0 Å². The lowest BCUT2D eigenvalue weighted by atomic mass is 9.86. The quantitative estimate of drug-likeness (QED) is 0.908.